The van der Waals surface area contributed by atoms with Crippen molar-refractivity contribution in [3.05, 3.63) is 59.2 Å². The molecule has 2 rings (SSSR count). The summed E-state index contributed by atoms with van der Waals surface area (Å²) in [6.07, 6.45) is 5.04. The molecule has 0 heterocycles. The van der Waals surface area contributed by atoms with Crippen LogP contribution in [-0.4, -0.2) is 5.11 Å². The largest absolute Gasteiger partial charge is 0.392 e. The van der Waals surface area contributed by atoms with Gasteiger partial charge < -0.3 is 5.11 Å². The minimum atomic E-state index is 0.109. The summed E-state index contributed by atoms with van der Waals surface area (Å²) in [5.74, 6) is 0. The highest BCUT2D eigenvalue weighted by atomic mass is 16.3. The van der Waals surface area contributed by atoms with Gasteiger partial charge in [-0.15, -0.1) is 0 Å². The molecule has 0 bridgehead atoms. The Balaban J connectivity index is 2.13. The van der Waals surface area contributed by atoms with Crippen LogP contribution in [0.2, 0.25) is 0 Å². The Morgan fingerprint density at radius 2 is 1.60 bits per heavy atom. The zero-order valence-corrected chi connectivity index (χ0v) is 12.5. The van der Waals surface area contributed by atoms with Crippen molar-refractivity contribution in [1.29, 1.82) is 0 Å². The van der Waals surface area contributed by atoms with Crippen molar-refractivity contribution in [3.8, 4) is 11.1 Å². The second-order valence-electron chi connectivity index (χ2n) is 5.46. The quantitative estimate of drug-likeness (QED) is 0.740. The number of aliphatic hydroxyl groups excluding tert-OH is 1. The molecule has 0 fully saturated rings. The topological polar surface area (TPSA) is 20.2 Å². The van der Waals surface area contributed by atoms with Gasteiger partial charge in [-0.3, -0.25) is 0 Å². The molecule has 0 aromatic heterocycles. The van der Waals surface area contributed by atoms with E-state index in [0.717, 1.165) is 5.56 Å². The van der Waals surface area contributed by atoms with Gasteiger partial charge in [-0.05, 0) is 47.6 Å². The van der Waals surface area contributed by atoms with Gasteiger partial charge in [0.25, 0.3) is 0 Å². The lowest BCUT2D eigenvalue weighted by atomic mass is 9.97. The summed E-state index contributed by atoms with van der Waals surface area (Å²) in [4.78, 5) is 0. The molecule has 20 heavy (non-hydrogen) atoms. The molecule has 0 spiro atoms. The van der Waals surface area contributed by atoms with E-state index in [9.17, 15) is 0 Å². The molecule has 1 heteroatoms. The van der Waals surface area contributed by atoms with Crippen molar-refractivity contribution in [3.63, 3.8) is 0 Å². The van der Waals surface area contributed by atoms with Crippen molar-refractivity contribution in [2.24, 2.45) is 0 Å². The van der Waals surface area contributed by atoms with Crippen molar-refractivity contribution < 1.29 is 5.11 Å². The van der Waals surface area contributed by atoms with E-state index >= 15 is 0 Å². The predicted octanol–water partition coefficient (Wildman–Crippen LogP) is 4.89. The molecule has 1 N–H and O–H groups in total. The minimum absolute atomic E-state index is 0.109. The summed E-state index contributed by atoms with van der Waals surface area (Å²) in [6.45, 7) is 4.45. The molecule has 106 valence electrons. The maximum absolute atomic E-state index is 9.16. The summed E-state index contributed by atoms with van der Waals surface area (Å²) in [6, 6.07) is 15.1. The molecule has 0 unspecified atom stereocenters. The molecule has 0 aliphatic rings. The Bertz CT molecular complexity index is 540. The first-order valence-electron chi connectivity index (χ1n) is 7.54. The number of rotatable bonds is 6. The number of aryl methyl sites for hydroxylation is 2. The van der Waals surface area contributed by atoms with E-state index in [1.54, 1.807) is 0 Å². The van der Waals surface area contributed by atoms with Crippen LogP contribution in [0, 0.1) is 6.92 Å². The second-order valence-corrected chi connectivity index (χ2v) is 5.46. The molecular formula is C19H24O. The molecule has 0 atom stereocenters. The minimum Gasteiger partial charge on any atom is -0.392 e. The molecule has 0 amide bonds. The predicted molar refractivity (Wildman–Crippen MR) is 85.8 cm³/mol. The second kappa shape index (κ2) is 7.25. The fourth-order valence-corrected chi connectivity index (χ4v) is 2.58. The van der Waals surface area contributed by atoms with E-state index in [1.165, 1.54) is 47.9 Å². The van der Waals surface area contributed by atoms with Crippen molar-refractivity contribution >= 4 is 0 Å². The Hall–Kier alpha value is -1.60. The van der Waals surface area contributed by atoms with Gasteiger partial charge in [0.15, 0.2) is 0 Å². The van der Waals surface area contributed by atoms with Gasteiger partial charge in [0.1, 0.15) is 0 Å². The average molecular weight is 268 g/mol. The number of hydrogen-bond acceptors (Lipinski definition) is 1. The molecule has 0 aliphatic heterocycles. The van der Waals surface area contributed by atoms with Crippen molar-refractivity contribution in [2.75, 3.05) is 0 Å². The number of unbranched alkanes of at least 4 members (excludes halogenated alkanes) is 2. The smallest absolute Gasteiger partial charge is 0.0681 e. The van der Waals surface area contributed by atoms with Crippen molar-refractivity contribution in [2.45, 2.75) is 46.1 Å². The summed E-state index contributed by atoms with van der Waals surface area (Å²) in [7, 11) is 0. The van der Waals surface area contributed by atoms with Crippen LogP contribution >= 0.6 is 0 Å². The zero-order chi connectivity index (χ0) is 14.4. The molecule has 0 aliphatic carbocycles. The highest BCUT2D eigenvalue weighted by Gasteiger charge is 2.03. The molecule has 2 aromatic rings. The van der Waals surface area contributed by atoms with Crippen LogP contribution in [0.25, 0.3) is 11.1 Å². The molecule has 0 saturated carbocycles. The van der Waals surface area contributed by atoms with E-state index in [-0.39, 0.29) is 6.61 Å². The van der Waals surface area contributed by atoms with Gasteiger partial charge in [0.2, 0.25) is 0 Å². The van der Waals surface area contributed by atoms with Gasteiger partial charge in [0, 0.05) is 0 Å². The number of aliphatic hydroxyl groups is 1. The van der Waals surface area contributed by atoms with Gasteiger partial charge in [-0.2, -0.15) is 0 Å². The molecule has 0 saturated heterocycles. The van der Waals surface area contributed by atoms with E-state index in [4.69, 9.17) is 5.11 Å². The monoisotopic (exact) mass is 268 g/mol. The highest BCUT2D eigenvalue weighted by Crippen LogP contribution is 2.25. The first-order chi connectivity index (χ1) is 9.74. The SMILES string of the molecule is CCCCCc1ccc(-c2ccc(CO)cc2C)cc1. The van der Waals surface area contributed by atoms with E-state index in [2.05, 4.69) is 50.2 Å². The third-order valence-corrected chi connectivity index (χ3v) is 3.81. The lowest BCUT2D eigenvalue weighted by molar-refractivity contribution is 0.282. The molecule has 0 radical (unpaired) electrons. The molecule has 1 nitrogen and oxygen atoms in total. The van der Waals surface area contributed by atoms with Crippen LogP contribution in [-0.2, 0) is 13.0 Å². The fourth-order valence-electron chi connectivity index (χ4n) is 2.58. The summed E-state index contributed by atoms with van der Waals surface area (Å²) < 4.78 is 0. The van der Waals surface area contributed by atoms with Gasteiger partial charge in [-0.25, -0.2) is 0 Å². The first-order valence-corrected chi connectivity index (χ1v) is 7.54. The summed E-state index contributed by atoms with van der Waals surface area (Å²) in [5, 5.41) is 9.16. The van der Waals surface area contributed by atoms with Crippen LogP contribution in [0.15, 0.2) is 42.5 Å². The van der Waals surface area contributed by atoms with Crippen LogP contribution in [0.3, 0.4) is 0 Å². The van der Waals surface area contributed by atoms with Gasteiger partial charge >= 0.3 is 0 Å². The standard InChI is InChI=1S/C19H24O/c1-3-4-5-6-16-7-10-18(11-8-16)19-12-9-17(14-20)13-15(19)2/h7-13,20H,3-6,14H2,1-2H3. The van der Waals surface area contributed by atoms with Gasteiger partial charge in [0.05, 0.1) is 6.61 Å². The van der Waals surface area contributed by atoms with E-state index < -0.39 is 0 Å². The Kier molecular flexibility index (Phi) is 5.37. The van der Waals surface area contributed by atoms with Crippen LogP contribution < -0.4 is 0 Å². The summed E-state index contributed by atoms with van der Waals surface area (Å²) >= 11 is 0. The van der Waals surface area contributed by atoms with Crippen LogP contribution in [0.1, 0.15) is 42.9 Å². The van der Waals surface area contributed by atoms with Gasteiger partial charge in [-0.1, -0.05) is 62.2 Å². The highest BCUT2D eigenvalue weighted by molar-refractivity contribution is 5.67. The number of benzene rings is 2. The van der Waals surface area contributed by atoms with E-state index in [1.807, 2.05) is 6.07 Å². The Morgan fingerprint density at radius 3 is 2.20 bits per heavy atom. The summed E-state index contributed by atoms with van der Waals surface area (Å²) in [5.41, 5.74) is 6.12. The third-order valence-electron chi connectivity index (χ3n) is 3.81. The average Bonchev–Trinajstić information content (AvgIpc) is 2.48. The van der Waals surface area contributed by atoms with Crippen molar-refractivity contribution in [1.82, 2.24) is 0 Å². The lowest BCUT2D eigenvalue weighted by Crippen LogP contribution is -1.89. The number of hydrogen-bond donors (Lipinski definition) is 1. The Labute approximate surface area is 122 Å². The molecular weight excluding hydrogens is 244 g/mol. The normalized spacial score (nSPS) is 10.8. The zero-order valence-electron chi connectivity index (χ0n) is 12.5. The fraction of sp³-hybridized carbons (Fsp3) is 0.368. The maximum atomic E-state index is 9.16. The van der Waals surface area contributed by atoms with Crippen LogP contribution in [0.4, 0.5) is 0 Å². The molecule has 2 aromatic carbocycles. The third kappa shape index (κ3) is 3.71. The maximum Gasteiger partial charge on any atom is 0.0681 e. The lowest BCUT2D eigenvalue weighted by Gasteiger charge is -2.09. The first kappa shape index (κ1) is 14.8. The van der Waals surface area contributed by atoms with E-state index in [0.29, 0.717) is 0 Å². The Morgan fingerprint density at radius 1 is 0.900 bits per heavy atom. The van der Waals surface area contributed by atoms with Crippen LogP contribution in [0.5, 0.6) is 0 Å².